The van der Waals surface area contributed by atoms with E-state index in [-0.39, 0.29) is 17.7 Å². The Morgan fingerprint density at radius 1 is 1.25 bits per heavy atom. The molecule has 2 atom stereocenters. The lowest BCUT2D eigenvalue weighted by molar-refractivity contribution is 0.178. The van der Waals surface area contributed by atoms with Gasteiger partial charge in [-0.3, -0.25) is 14.5 Å². The van der Waals surface area contributed by atoms with Crippen LogP contribution in [0.25, 0.3) is 21.9 Å². The van der Waals surface area contributed by atoms with Crippen molar-refractivity contribution in [2.75, 3.05) is 5.32 Å². The van der Waals surface area contributed by atoms with Crippen LogP contribution in [0.1, 0.15) is 30.9 Å². The molecule has 1 fully saturated rings. The smallest absolute Gasteiger partial charge is 0.252 e. The average Bonchev–Trinajstić information content (AvgIpc) is 3.30. The van der Waals surface area contributed by atoms with Crippen LogP contribution >= 0.6 is 0 Å². The van der Waals surface area contributed by atoms with E-state index in [2.05, 4.69) is 25.5 Å². The van der Waals surface area contributed by atoms with Crippen molar-refractivity contribution in [2.24, 2.45) is 0 Å². The molecule has 0 aliphatic heterocycles. The van der Waals surface area contributed by atoms with Crippen LogP contribution < -0.4 is 10.9 Å². The number of pyridine rings is 1. The molecule has 0 spiro atoms. The molecule has 1 aromatic carbocycles. The van der Waals surface area contributed by atoms with Gasteiger partial charge in [-0.05, 0) is 49.9 Å². The zero-order valence-corrected chi connectivity index (χ0v) is 15.4. The third-order valence-corrected chi connectivity index (χ3v) is 5.44. The van der Waals surface area contributed by atoms with E-state index in [4.69, 9.17) is 0 Å². The van der Waals surface area contributed by atoms with Gasteiger partial charge in [0, 0.05) is 34.8 Å². The second-order valence-electron chi connectivity index (χ2n) is 7.38. The van der Waals surface area contributed by atoms with Crippen LogP contribution in [0.4, 0.5) is 11.6 Å². The number of H-pyrrole nitrogens is 1. The molecule has 2 unspecified atom stereocenters. The van der Waals surface area contributed by atoms with Gasteiger partial charge in [0.2, 0.25) is 5.95 Å². The summed E-state index contributed by atoms with van der Waals surface area (Å²) in [5.74, 6) is 0.424. The molecule has 1 saturated carbocycles. The van der Waals surface area contributed by atoms with Crippen molar-refractivity contribution in [3.05, 3.63) is 52.6 Å². The molecule has 142 valence electrons. The van der Waals surface area contributed by atoms with E-state index in [1.54, 1.807) is 23.0 Å². The Hall–Kier alpha value is -3.26. The Balaban J connectivity index is 1.59. The predicted octanol–water partition coefficient (Wildman–Crippen LogP) is 2.81. The maximum absolute atomic E-state index is 12.7. The maximum Gasteiger partial charge on any atom is 0.252 e. The quantitative estimate of drug-likeness (QED) is 0.507. The van der Waals surface area contributed by atoms with Gasteiger partial charge in [0.05, 0.1) is 17.8 Å². The summed E-state index contributed by atoms with van der Waals surface area (Å²) in [4.78, 5) is 21.8. The van der Waals surface area contributed by atoms with E-state index in [0.717, 1.165) is 34.0 Å². The highest BCUT2D eigenvalue weighted by Crippen LogP contribution is 2.31. The third kappa shape index (κ3) is 2.82. The average molecular weight is 376 g/mol. The van der Waals surface area contributed by atoms with E-state index in [1.807, 2.05) is 25.1 Å². The van der Waals surface area contributed by atoms with Crippen LogP contribution in [-0.4, -0.2) is 35.9 Å². The Morgan fingerprint density at radius 2 is 2.14 bits per heavy atom. The summed E-state index contributed by atoms with van der Waals surface area (Å²) >= 11 is 0. The van der Waals surface area contributed by atoms with Crippen LogP contribution in [0.3, 0.4) is 0 Å². The molecule has 3 heterocycles. The fourth-order valence-corrected chi connectivity index (χ4v) is 4.00. The largest absolute Gasteiger partial charge is 0.393 e. The van der Waals surface area contributed by atoms with E-state index in [1.165, 1.54) is 0 Å². The highest BCUT2D eigenvalue weighted by molar-refractivity contribution is 5.83. The number of benzene rings is 1. The number of nitrogens with zero attached hydrogens (tertiary/aromatic N) is 4. The molecule has 3 aromatic heterocycles. The van der Waals surface area contributed by atoms with Crippen molar-refractivity contribution in [2.45, 2.75) is 38.3 Å². The molecule has 28 heavy (non-hydrogen) atoms. The number of aromatic amines is 1. The van der Waals surface area contributed by atoms with Gasteiger partial charge in [-0.2, -0.15) is 10.1 Å². The highest BCUT2D eigenvalue weighted by Gasteiger charge is 2.27. The van der Waals surface area contributed by atoms with Gasteiger partial charge in [-0.15, -0.1) is 0 Å². The number of fused-ring (bicyclic) bond motifs is 2. The molecule has 1 aliphatic carbocycles. The van der Waals surface area contributed by atoms with Crippen molar-refractivity contribution < 1.29 is 5.11 Å². The fourth-order valence-electron chi connectivity index (χ4n) is 4.00. The molecule has 0 amide bonds. The number of hydrogen-bond acceptors (Lipinski definition) is 6. The summed E-state index contributed by atoms with van der Waals surface area (Å²) in [5.41, 5.74) is 3.15. The van der Waals surface area contributed by atoms with Crippen LogP contribution in [0, 0.1) is 6.92 Å². The lowest BCUT2D eigenvalue weighted by Gasteiger charge is -2.17. The van der Waals surface area contributed by atoms with E-state index < -0.39 is 0 Å². The molecule has 8 nitrogen and oxygen atoms in total. The SMILES string of the molecule is Cc1cc(=O)n(C2CCC(O)C2)c2nc(Nc3ccc4[nH]ncc4c3)ncc12. The van der Waals surface area contributed by atoms with Gasteiger partial charge in [-0.25, -0.2) is 4.98 Å². The minimum atomic E-state index is -0.366. The first-order chi connectivity index (χ1) is 13.6. The summed E-state index contributed by atoms with van der Waals surface area (Å²) in [5, 5.41) is 21.9. The van der Waals surface area contributed by atoms with E-state index in [9.17, 15) is 9.90 Å². The van der Waals surface area contributed by atoms with Crippen LogP contribution in [0.5, 0.6) is 0 Å². The van der Waals surface area contributed by atoms with Gasteiger partial charge in [0.1, 0.15) is 5.65 Å². The van der Waals surface area contributed by atoms with E-state index >= 15 is 0 Å². The Morgan fingerprint density at radius 3 is 2.96 bits per heavy atom. The topological polar surface area (TPSA) is 109 Å². The lowest BCUT2D eigenvalue weighted by Crippen LogP contribution is -2.25. The number of rotatable bonds is 3. The summed E-state index contributed by atoms with van der Waals surface area (Å²) in [6.45, 7) is 1.89. The van der Waals surface area contributed by atoms with Gasteiger partial charge in [-0.1, -0.05) is 0 Å². The maximum atomic E-state index is 12.7. The van der Waals surface area contributed by atoms with Crippen LogP contribution in [-0.2, 0) is 0 Å². The van der Waals surface area contributed by atoms with Gasteiger partial charge in [0.25, 0.3) is 5.56 Å². The van der Waals surface area contributed by atoms with Crippen LogP contribution in [0.15, 0.2) is 41.5 Å². The molecule has 0 radical (unpaired) electrons. The first-order valence-corrected chi connectivity index (χ1v) is 9.35. The number of anilines is 2. The Labute approximate surface area is 160 Å². The highest BCUT2D eigenvalue weighted by atomic mass is 16.3. The summed E-state index contributed by atoms with van der Waals surface area (Å²) in [7, 11) is 0. The first kappa shape index (κ1) is 16.9. The fraction of sp³-hybridized carbons (Fsp3) is 0.300. The minimum Gasteiger partial charge on any atom is -0.393 e. The molecular formula is C20H20N6O2. The number of aryl methyl sites for hydroxylation is 1. The summed E-state index contributed by atoms with van der Waals surface area (Å²) < 4.78 is 1.71. The minimum absolute atomic E-state index is 0.0457. The second-order valence-corrected chi connectivity index (χ2v) is 7.38. The van der Waals surface area contributed by atoms with Crippen molar-refractivity contribution >= 4 is 33.6 Å². The number of aliphatic hydroxyl groups excluding tert-OH is 1. The zero-order valence-electron chi connectivity index (χ0n) is 15.4. The summed E-state index contributed by atoms with van der Waals surface area (Å²) in [6.07, 6.45) is 5.18. The van der Waals surface area contributed by atoms with E-state index in [0.29, 0.717) is 24.4 Å². The molecule has 0 bridgehead atoms. The van der Waals surface area contributed by atoms with Crippen LogP contribution in [0.2, 0.25) is 0 Å². The molecule has 4 aromatic rings. The number of hydrogen-bond donors (Lipinski definition) is 3. The molecule has 8 heteroatoms. The molecule has 0 saturated heterocycles. The third-order valence-electron chi connectivity index (χ3n) is 5.44. The number of aromatic nitrogens is 5. The predicted molar refractivity (Wildman–Crippen MR) is 107 cm³/mol. The molecule has 1 aliphatic rings. The first-order valence-electron chi connectivity index (χ1n) is 9.35. The second kappa shape index (κ2) is 6.42. The normalized spacial score (nSPS) is 19.5. The molecule has 5 rings (SSSR count). The van der Waals surface area contributed by atoms with Crippen molar-refractivity contribution in [3.63, 3.8) is 0 Å². The van der Waals surface area contributed by atoms with Crippen molar-refractivity contribution in [3.8, 4) is 0 Å². The Bertz CT molecular complexity index is 1240. The number of nitrogens with one attached hydrogen (secondary N) is 2. The molecular weight excluding hydrogens is 356 g/mol. The van der Waals surface area contributed by atoms with Gasteiger partial charge < -0.3 is 10.4 Å². The standard InChI is InChI=1S/C20H20N6O2/c1-11-6-18(28)26(14-3-4-15(27)8-14)19-16(11)10-21-20(24-19)23-13-2-5-17-12(7-13)9-22-25-17/h2,5-7,9-10,14-15,27H,3-4,8H2,1H3,(H,22,25)(H,21,23,24). The summed E-state index contributed by atoms with van der Waals surface area (Å²) in [6, 6.07) is 7.39. The monoisotopic (exact) mass is 376 g/mol. The van der Waals surface area contributed by atoms with Crippen molar-refractivity contribution in [1.29, 1.82) is 0 Å². The molecule has 3 N–H and O–H groups in total. The number of aliphatic hydroxyl groups is 1. The van der Waals surface area contributed by atoms with Gasteiger partial charge in [0.15, 0.2) is 0 Å². The lowest BCUT2D eigenvalue weighted by atomic mass is 10.1. The van der Waals surface area contributed by atoms with Crippen molar-refractivity contribution in [1.82, 2.24) is 24.7 Å². The zero-order chi connectivity index (χ0) is 19.3. The Kier molecular flexibility index (Phi) is 3.87. The van der Waals surface area contributed by atoms with Gasteiger partial charge >= 0.3 is 0 Å².